The number of halogens is 3. The van der Waals surface area contributed by atoms with E-state index >= 15 is 0 Å². The van der Waals surface area contributed by atoms with Crippen molar-refractivity contribution in [2.45, 2.75) is 63.7 Å². The van der Waals surface area contributed by atoms with Crippen molar-refractivity contribution < 1.29 is 23.1 Å². The van der Waals surface area contributed by atoms with Gasteiger partial charge in [-0.2, -0.15) is 13.2 Å². The summed E-state index contributed by atoms with van der Waals surface area (Å²) in [6.07, 6.45) is -1.97. The van der Waals surface area contributed by atoms with Crippen molar-refractivity contribution in [3.8, 4) is 0 Å². The van der Waals surface area contributed by atoms with Crippen LogP contribution in [0, 0.1) is 5.92 Å². The summed E-state index contributed by atoms with van der Waals surface area (Å²) >= 11 is 0. The maximum Gasteiger partial charge on any atom is 0.391 e. The Labute approximate surface area is 105 Å². The SMILES string of the molecule is CC(CCC(=O)O)NC1CCCC(C(F)(F)F)C1. The first-order chi connectivity index (χ1) is 8.29. The van der Waals surface area contributed by atoms with E-state index in [9.17, 15) is 18.0 Å². The number of carboxylic acid groups (broad SMARTS) is 1. The molecular weight excluding hydrogens is 247 g/mol. The Morgan fingerprint density at radius 3 is 2.67 bits per heavy atom. The number of carbonyl (C=O) groups is 1. The third-order valence-electron chi connectivity index (χ3n) is 3.45. The van der Waals surface area contributed by atoms with E-state index in [0.717, 1.165) is 6.42 Å². The number of hydrogen-bond donors (Lipinski definition) is 2. The smallest absolute Gasteiger partial charge is 0.391 e. The molecule has 6 heteroatoms. The molecule has 1 rings (SSSR count). The van der Waals surface area contributed by atoms with Crippen LogP contribution >= 0.6 is 0 Å². The number of rotatable bonds is 5. The third kappa shape index (κ3) is 5.25. The molecule has 0 aromatic rings. The lowest BCUT2D eigenvalue weighted by Gasteiger charge is -2.32. The molecule has 106 valence electrons. The molecule has 18 heavy (non-hydrogen) atoms. The van der Waals surface area contributed by atoms with Crippen LogP contribution in [-0.4, -0.2) is 29.3 Å². The molecule has 3 atom stereocenters. The van der Waals surface area contributed by atoms with Crippen LogP contribution in [-0.2, 0) is 4.79 Å². The van der Waals surface area contributed by atoms with Crippen molar-refractivity contribution in [2.24, 2.45) is 5.92 Å². The normalized spacial score (nSPS) is 26.9. The first-order valence-electron chi connectivity index (χ1n) is 6.33. The van der Waals surface area contributed by atoms with E-state index in [1.807, 2.05) is 6.92 Å². The summed E-state index contributed by atoms with van der Waals surface area (Å²) in [5.74, 6) is -2.09. The van der Waals surface area contributed by atoms with Crippen molar-refractivity contribution in [3.63, 3.8) is 0 Å². The maximum atomic E-state index is 12.6. The molecule has 0 aromatic carbocycles. The third-order valence-corrected chi connectivity index (χ3v) is 3.45. The lowest BCUT2D eigenvalue weighted by atomic mass is 9.85. The van der Waals surface area contributed by atoms with Gasteiger partial charge in [0.1, 0.15) is 0 Å². The molecule has 1 aliphatic carbocycles. The van der Waals surface area contributed by atoms with Crippen molar-refractivity contribution in [2.75, 3.05) is 0 Å². The monoisotopic (exact) mass is 267 g/mol. The average molecular weight is 267 g/mol. The quantitative estimate of drug-likeness (QED) is 0.805. The fraction of sp³-hybridized carbons (Fsp3) is 0.917. The summed E-state index contributed by atoms with van der Waals surface area (Å²) in [4.78, 5) is 10.4. The standard InChI is InChI=1S/C12H20F3NO2/c1-8(5-6-11(17)18)16-10-4-2-3-9(7-10)12(13,14)15/h8-10,16H,2-7H2,1H3,(H,17,18). The van der Waals surface area contributed by atoms with Gasteiger partial charge in [0.05, 0.1) is 5.92 Å². The molecule has 1 saturated carbocycles. The minimum atomic E-state index is -4.11. The molecule has 0 saturated heterocycles. The zero-order chi connectivity index (χ0) is 13.8. The molecule has 1 aliphatic rings. The van der Waals surface area contributed by atoms with E-state index in [2.05, 4.69) is 5.32 Å². The highest BCUT2D eigenvalue weighted by Crippen LogP contribution is 2.37. The number of nitrogens with one attached hydrogen (secondary N) is 1. The number of alkyl halides is 3. The first-order valence-corrected chi connectivity index (χ1v) is 6.33. The summed E-state index contributed by atoms with van der Waals surface area (Å²) in [7, 11) is 0. The lowest BCUT2D eigenvalue weighted by molar-refractivity contribution is -0.183. The zero-order valence-corrected chi connectivity index (χ0v) is 10.5. The van der Waals surface area contributed by atoms with Crippen molar-refractivity contribution >= 4 is 5.97 Å². The van der Waals surface area contributed by atoms with Gasteiger partial charge in [-0.3, -0.25) is 4.79 Å². The Hall–Kier alpha value is -0.780. The number of carboxylic acids is 1. The Kier molecular flexibility index (Phi) is 5.44. The van der Waals surface area contributed by atoms with Crippen LogP contribution in [0.25, 0.3) is 0 Å². The molecule has 0 aromatic heterocycles. The van der Waals surface area contributed by atoms with E-state index in [0.29, 0.717) is 12.8 Å². The second kappa shape index (κ2) is 6.41. The molecule has 3 unspecified atom stereocenters. The summed E-state index contributed by atoms with van der Waals surface area (Å²) in [6, 6.07) is -0.202. The van der Waals surface area contributed by atoms with Gasteiger partial charge in [0.25, 0.3) is 0 Å². The number of hydrogen-bond acceptors (Lipinski definition) is 2. The first kappa shape index (κ1) is 15.3. The van der Waals surface area contributed by atoms with Gasteiger partial charge in [0.2, 0.25) is 0 Å². The molecule has 3 nitrogen and oxygen atoms in total. The van der Waals surface area contributed by atoms with Gasteiger partial charge in [-0.25, -0.2) is 0 Å². The Morgan fingerprint density at radius 1 is 1.44 bits per heavy atom. The van der Waals surface area contributed by atoms with Crippen LogP contribution in [0.3, 0.4) is 0 Å². The predicted octanol–water partition coefficient (Wildman–Crippen LogP) is 2.95. The van der Waals surface area contributed by atoms with E-state index in [4.69, 9.17) is 5.11 Å². The minimum absolute atomic E-state index is 0.0452. The summed E-state index contributed by atoms with van der Waals surface area (Å²) in [6.45, 7) is 1.82. The molecule has 0 radical (unpaired) electrons. The van der Waals surface area contributed by atoms with Gasteiger partial charge in [0, 0.05) is 18.5 Å². The van der Waals surface area contributed by atoms with Crippen LogP contribution in [0.5, 0.6) is 0 Å². The molecule has 0 amide bonds. The lowest BCUT2D eigenvalue weighted by Crippen LogP contribution is -2.42. The highest BCUT2D eigenvalue weighted by atomic mass is 19.4. The zero-order valence-electron chi connectivity index (χ0n) is 10.5. The van der Waals surface area contributed by atoms with Crippen molar-refractivity contribution in [1.82, 2.24) is 5.32 Å². The average Bonchev–Trinajstić information content (AvgIpc) is 2.25. The number of aliphatic carboxylic acids is 1. The van der Waals surface area contributed by atoms with Gasteiger partial charge in [-0.15, -0.1) is 0 Å². The van der Waals surface area contributed by atoms with Crippen LogP contribution in [0.2, 0.25) is 0 Å². The molecule has 0 heterocycles. The van der Waals surface area contributed by atoms with E-state index < -0.39 is 18.1 Å². The second-order valence-corrected chi connectivity index (χ2v) is 5.10. The predicted molar refractivity (Wildman–Crippen MR) is 61.3 cm³/mol. The molecule has 0 aliphatic heterocycles. The van der Waals surface area contributed by atoms with Gasteiger partial charge >= 0.3 is 12.1 Å². The Balaban J connectivity index is 2.36. The molecule has 0 bridgehead atoms. The molecular formula is C12H20F3NO2. The van der Waals surface area contributed by atoms with E-state index in [-0.39, 0.29) is 31.3 Å². The van der Waals surface area contributed by atoms with E-state index in [1.165, 1.54) is 0 Å². The topological polar surface area (TPSA) is 49.3 Å². The fourth-order valence-electron chi connectivity index (χ4n) is 2.46. The second-order valence-electron chi connectivity index (χ2n) is 5.10. The van der Waals surface area contributed by atoms with Crippen LogP contribution in [0.4, 0.5) is 13.2 Å². The van der Waals surface area contributed by atoms with Crippen LogP contribution in [0.1, 0.15) is 45.4 Å². The summed E-state index contributed by atoms with van der Waals surface area (Å²) in [5, 5.41) is 11.7. The summed E-state index contributed by atoms with van der Waals surface area (Å²) in [5.41, 5.74) is 0. The fourth-order valence-corrected chi connectivity index (χ4v) is 2.46. The minimum Gasteiger partial charge on any atom is -0.481 e. The van der Waals surface area contributed by atoms with E-state index in [1.54, 1.807) is 0 Å². The van der Waals surface area contributed by atoms with Crippen LogP contribution in [0.15, 0.2) is 0 Å². The summed E-state index contributed by atoms with van der Waals surface area (Å²) < 4.78 is 37.8. The van der Waals surface area contributed by atoms with Crippen molar-refractivity contribution in [3.05, 3.63) is 0 Å². The van der Waals surface area contributed by atoms with Gasteiger partial charge in [-0.1, -0.05) is 6.42 Å². The highest BCUT2D eigenvalue weighted by Gasteiger charge is 2.42. The molecule has 0 spiro atoms. The molecule has 1 fully saturated rings. The maximum absolute atomic E-state index is 12.6. The largest absolute Gasteiger partial charge is 0.481 e. The van der Waals surface area contributed by atoms with Gasteiger partial charge in [-0.05, 0) is 32.6 Å². The van der Waals surface area contributed by atoms with Crippen molar-refractivity contribution in [1.29, 1.82) is 0 Å². The molecule has 2 N–H and O–H groups in total. The highest BCUT2D eigenvalue weighted by molar-refractivity contribution is 5.66. The van der Waals surface area contributed by atoms with Gasteiger partial charge in [0.15, 0.2) is 0 Å². The Morgan fingerprint density at radius 2 is 2.11 bits per heavy atom. The Bertz CT molecular complexity index is 281. The van der Waals surface area contributed by atoms with Crippen LogP contribution < -0.4 is 5.32 Å². The van der Waals surface area contributed by atoms with Gasteiger partial charge < -0.3 is 10.4 Å².